The maximum absolute atomic E-state index is 6.33. The van der Waals surface area contributed by atoms with E-state index in [1.807, 2.05) is 0 Å². The summed E-state index contributed by atoms with van der Waals surface area (Å²) < 4.78 is 12.5. The number of unbranched alkanes of at least 4 members (excludes halogenated alkanes) is 4. The first-order valence-corrected chi connectivity index (χ1v) is 17.1. The van der Waals surface area contributed by atoms with Crippen molar-refractivity contribution in [1.29, 1.82) is 0 Å². The summed E-state index contributed by atoms with van der Waals surface area (Å²) >= 11 is 0. The molecule has 5 rings (SSSR count). The molecular weight excluding hydrogens is 587 g/mol. The molecule has 0 saturated carbocycles. The lowest BCUT2D eigenvalue weighted by Crippen LogP contribution is -2.30. The number of halogens is 1. The van der Waals surface area contributed by atoms with E-state index in [-0.39, 0.29) is 17.0 Å². The van der Waals surface area contributed by atoms with Crippen LogP contribution in [-0.2, 0) is 15.9 Å². The Hall–Kier alpha value is -1.77. The van der Waals surface area contributed by atoms with Crippen molar-refractivity contribution >= 4 is 40.8 Å². The third-order valence-corrected chi connectivity index (χ3v) is 11.2. The first kappa shape index (κ1) is 32.2. The second kappa shape index (κ2) is 17.4. The number of allylic oxidation sites excluding steroid dienone is 2. The van der Waals surface area contributed by atoms with Crippen molar-refractivity contribution in [3.8, 4) is 0 Å². The second-order valence-corrected chi connectivity index (χ2v) is 13.7. The van der Waals surface area contributed by atoms with Gasteiger partial charge in [0.2, 0.25) is 0 Å². The Morgan fingerprint density at radius 1 is 0.756 bits per heavy atom. The number of benzene rings is 3. The quantitative estimate of drug-likeness (QED) is 0.0891. The number of ether oxygens (including phenoxy) is 2. The minimum absolute atomic E-state index is 0. The summed E-state index contributed by atoms with van der Waals surface area (Å²) in [5, 5.41) is 4.34. The first-order valence-electron chi connectivity index (χ1n) is 15.7. The van der Waals surface area contributed by atoms with Crippen LogP contribution in [0.3, 0.4) is 0 Å². The molecule has 2 aliphatic rings. The smallest absolute Gasteiger partial charge is 0.0633 e. The van der Waals surface area contributed by atoms with Gasteiger partial charge in [0.05, 0.1) is 18.8 Å². The predicted octanol–water partition coefficient (Wildman–Crippen LogP) is 8.68. The van der Waals surface area contributed by atoms with E-state index in [1.165, 1.54) is 66.4 Å². The number of hydrogen-bond acceptors (Lipinski definition) is 2. The van der Waals surface area contributed by atoms with Gasteiger partial charge in [0.25, 0.3) is 0 Å². The van der Waals surface area contributed by atoms with Gasteiger partial charge in [-0.05, 0) is 80.3 Å². The van der Waals surface area contributed by atoms with Gasteiger partial charge in [0.15, 0.2) is 0 Å². The highest BCUT2D eigenvalue weighted by Gasteiger charge is 2.48. The summed E-state index contributed by atoms with van der Waals surface area (Å²) in [6.45, 7) is 4.06. The Bertz CT molecular complexity index is 1130. The van der Waals surface area contributed by atoms with Crippen LogP contribution in [0.5, 0.6) is 0 Å². The Morgan fingerprint density at radius 2 is 1.41 bits per heavy atom. The molecule has 41 heavy (non-hydrogen) atoms. The third kappa shape index (κ3) is 8.87. The van der Waals surface area contributed by atoms with Gasteiger partial charge in [0, 0.05) is 12.5 Å². The molecule has 2 saturated heterocycles. The molecule has 2 aliphatic heterocycles. The lowest BCUT2D eigenvalue weighted by molar-refractivity contribution is 0.0478. The van der Waals surface area contributed by atoms with Gasteiger partial charge in [-0.1, -0.05) is 123 Å². The van der Waals surface area contributed by atoms with E-state index in [0.29, 0.717) is 24.0 Å². The molecule has 2 fully saturated rings. The van der Waals surface area contributed by atoms with E-state index in [9.17, 15) is 0 Å². The third-order valence-electron chi connectivity index (χ3n) is 8.70. The van der Waals surface area contributed by atoms with Gasteiger partial charge in [0.1, 0.15) is 0 Å². The monoisotopic (exact) mass is 634 g/mol. The zero-order valence-corrected chi connectivity index (χ0v) is 27.3. The number of fused-ring (bicyclic) bond motifs is 2. The summed E-state index contributed by atoms with van der Waals surface area (Å²) in [6, 6.07) is 31.2. The highest BCUT2D eigenvalue weighted by molar-refractivity contribution is 8.93. The van der Waals surface area contributed by atoms with Gasteiger partial charge in [-0.15, -0.1) is 17.0 Å². The molecule has 2 bridgehead atoms. The van der Waals surface area contributed by atoms with Crippen molar-refractivity contribution in [3.05, 3.63) is 103 Å². The molecule has 3 aromatic carbocycles. The molecule has 2 heterocycles. The Balaban J connectivity index is 0.00000387. The Labute approximate surface area is 260 Å². The molecule has 0 amide bonds. The van der Waals surface area contributed by atoms with Gasteiger partial charge in [-0.3, -0.25) is 0 Å². The lowest BCUT2D eigenvalue weighted by atomic mass is 9.78. The molecule has 0 radical (unpaired) electrons. The van der Waals surface area contributed by atoms with Crippen LogP contribution >= 0.6 is 24.9 Å². The summed E-state index contributed by atoms with van der Waals surface area (Å²) in [4.78, 5) is 0. The van der Waals surface area contributed by atoms with Gasteiger partial charge in [-0.25, -0.2) is 0 Å². The molecule has 0 N–H and O–H groups in total. The molecular formula is C37H48BrO2P. The van der Waals surface area contributed by atoms with E-state index < -0.39 is 7.92 Å². The highest BCUT2D eigenvalue weighted by atomic mass is 79.9. The SMILES string of the molecule is Br.CCCCCCOC[C@H]1[C@@H](C/C=C\CCCc2ccccc2P(c2ccccc2)c2ccccc2)[C@H]2CC[C@@H]1O2. The number of rotatable bonds is 16. The topological polar surface area (TPSA) is 18.5 Å². The van der Waals surface area contributed by atoms with Crippen molar-refractivity contribution in [2.75, 3.05) is 13.2 Å². The average molecular weight is 636 g/mol. The van der Waals surface area contributed by atoms with Crippen LogP contribution in [0.1, 0.15) is 70.3 Å². The molecule has 2 nitrogen and oxygen atoms in total. The number of aryl methyl sites for hydroxylation is 1. The zero-order valence-electron chi connectivity index (χ0n) is 24.7. The largest absolute Gasteiger partial charge is 0.381 e. The molecule has 4 atom stereocenters. The van der Waals surface area contributed by atoms with Crippen LogP contribution in [0, 0.1) is 11.8 Å². The lowest BCUT2D eigenvalue weighted by Gasteiger charge is -2.27. The molecule has 220 valence electrons. The van der Waals surface area contributed by atoms with Crippen LogP contribution < -0.4 is 15.9 Å². The van der Waals surface area contributed by atoms with Crippen LogP contribution in [-0.4, -0.2) is 25.4 Å². The highest BCUT2D eigenvalue weighted by Crippen LogP contribution is 2.45. The summed E-state index contributed by atoms with van der Waals surface area (Å²) in [7, 11) is -0.562. The standard InChI is InChI=1S/C37H47O2P.BrH/c1-2-3-4-17-28-38-29-34-33(35-26-27-36(34)39-35)24-14-6-5-9-18-30-19-15-16-25-37(30)40(31-20-10-7-11-21-31)32-22-12-8-13-23-32;/h6-8,10-16,19-23,25,33-36H,2-5,9,17-18,24,26-29H2,1H3;1H/b14-6-;/t33-,34+,35-,36+;/m1./s1. The molecule has 0 aliphatic carbocycles. The molecule has 0 spiro atoms. The van der Waals surface area contributed by atoms with E-state index in [4.69, 9.17) is 9.47 Å². The van der Waals surface area contributed by atoms with Crippen LogP contribution in [0.15, 0.2) is 97.1 Å². The number of hydrogen-bond donors (Lipinski definition) is 0. The van der Waals surface area contributed by atoms with E-state index in [2.05, 4.69) is 104 Å². The summed E-state index contributed by atoms with van der Waals surface area (Å²) in [5.74, 6) is 1.21. The van der Waals surface area contributed by atoms with Crippen LogP contribution in [0.2, 0.25) is 0 Å². The summed E-state index contributed by atoms with van der Waals surface area (Å²) in [5.41, 5.74) is 1.49. The Kier molecular flexibility index (Phi) is 13.6. The van der Waals surface area contributed by atoms with Gasteiger partial charge in [-0.2, -0.15) is 0 Å². The Morgan fingerprint density at radius 3 is 2.12 bits per heavy atom. The van der Waals surface area contributed by atoms with Crippen LogP contribution in [0.25, 0.3) is 0 Å². The molecule has 4 heteroatoms. The molecule has 0 aromatic heterocycles. The fourth-order valence-corrected chi connectivity index (χ4v) is 9.09. The molecule has 0 unspecified atom stereocenters. The van der Waals surface area contributed by atoms with Gasteiger partial charge < -0.3 is 9.47 Å². The van der Waals surface area contributed by atoms with E-state index >= 15 is 0 Å². The van der Waals surface area contributed by atoms with Gasteiger partial charge >= 0.3 is 0 Å². The molecule has 3 aromatic rings. The van der Waals surface area contributed by atoms with Crippen LogP contribution in [0.4, 0.5) is 0 Å². The zero-order chi connectivity index (χ0) is 27.4. The van der Waals surface area contributed by atoms with Crippen molar-refractivity contribution in [2.24, 2.45) is 11.8 Å². The fourth-order valence-electron chi connectivity index (χ4n) is 6.58. The van der Waals surface area contributed by atoms with E-state index in [1.54, 1.807) is 0 Å². The van der Waals surface area contributed by atoms with Crippen molar-refractivity contribution < 1.29 is 9.47 Å². The van der Waals surface area contributed by atoms with Crippen molar-refractivity contribution in [1.82, 2.24) is 0 Å². The fraction of sp³-hybridized carbons (Fsp3) is 0.459. The minimum Gasteiger partial charge on any atom is -0.381 e. The minimum atomic E-state index is -0.562. The second-order valence-electron chi connectivity index (χ2n) is 11.5. The maximum Gasteiger partial charge on any atom is 0.0633 e. The normalized spacial score (nSPS) is 21.5. The van der Waals surface area contributed by atoms with E-state index in [0.717, 1.165) is 32.5 Å². The van der Waals surface area contributed by atoms with Crippen molar-refractivity contribution in [3.63, 3.8) is 0 Å². The average Bonchev–Trinajstić information content (AvgIpc) is 3.61. The first-order chi connectivity index (χ1) is 19.8. The van der Waals surface area contributed by atoms with Crippen molar-refractivity contribution in [2.45, 2.75) is 83.3 Å². The summed E-state index contributed by atoms with van der Waals surface area (Å²) in [6.07, 6.45) is 17.9. The predicted molar refractivity (Wildman–Crippen MR) is 182 cm³/mol. The maximum atomic E-state index is 6.33.